The van der Waals surface area contributed by atoms with E-state index in [-0.39, 0.29) is 11.7 Å². The molecule has 2 aromatic rings. The van der Waals surface area contributed by atoms with Gasteiger partial charge in [-0.05, 0) is 38.1 Å². The Morgan fingerprint density at radius 2 is 2.30 bits per heavy atom. The van der Waals surface area contributed by atoms with Crippen LogP contribution in [-0.2, 0) is 0 Å². The second kappa shape index (κ2) is 5.20. The van der Waals surface area contributed by atoms with Crippen molar-refractivity contribution in [1.82, 2.24) is 15.5 Å². The van der Waals surface area contributed by atoms with Gasteiger partial charge >= 0.3 is 0 Å². The molecule has 1 aliphatic heterocycles. The number of methoxy groups -OCH3 is 1. The van der Waals surface area contributed by atoms with E-state index in [2.05, 4.69) is 22.4 Å². The highest BCUT2D eigenvalue weighted by atomic mass is 19.1. The van der Waals surface area contributed by atoms with Crippen LogP contribution >= 0.6 is 0 Å². The molecular formula is C14H16FN3O2. The van der Waals surface area contributed by atoms with Crippen LogP contribution in [0.3, 0.4) is 0 Å². The van der Waals surface area contributed by atoms with E-state index in [1.807, 2.05) is 0 Å². The van der Waals surface area contributed by atoms with Crippen LogP contribution in [0.15, 0.2) is 22.7 Å². The van der Waals surface area contributed by atoms with Crippen molar-refractivity contribution >= 4 is 0 Å². The lowest BCUT2D eigenvalue weighted by Gasteiger charge is -2.08. The number of hydrogen-bond donors (Lipinski definition) is 1. The highest BCUT2D eigenvalue weighted by Crippen LogP contribution is 2.29. The summed E-state index contributed by atoms with van der Waals surface area (Å²) in [5.74, 6) is 1.08. The van der Waals surface area contributed by atoms with Crippen molar-refractivity contribution in [2.45, 2.75) is 25.3 Å². The first-order chi connectivity index (χ1) is 9.69. The average molecular weight is 277 g/mol. The molecule has 2 heterocycles. The molecule has 0 radical (unpaired) electrons. The number of nitrogens with one attached hydrogen (secondary N) is 1. The lowest BCUT2D eigenvalue weighted by Crippen LogP contribution is -2.21. The van der Waals surface area contributed by atoms with Gasteiger partial charge in [-0.3, -0.25) is 0 Å². The molecule has 20 heavy (non-hydrogen) atoms. The Balaban J connectivity index is 1.90. The molecule has 2 unspecified atom stereocenters. The summed E-state index contributed by atoms with van der Waals surface area (Å²) in [5.41, 5.74) is 0.678. The Kier molecular flexibility index (Phi) is 3.40. The van der Waals surface area contributed by atoms with Crippen molar-refractivity contribution in [3.8, 4) is 17.1 Å². The summed E-state index contributed by atoms with van der Waals surface area (Å²) in [5, 5.41) is 7.32. The second-order valence-corrected chi connectivity index (χ2v) is 4.94. The Morgan fingerprint density at radius 3 is 3.00 bits per heavy atom. The predicted octanol–water partition coefficient (Wildman–Crippen LogP) is 2.35. The summed E-state index contributed by atoms with van der Waals surface area (Å²) in [6.07, 6.45) is 0.982. The smallest absolute Gasteiger partial charge is 0.231 e. The van der Waals surface area contributed by atoms with Gasteiger partial charge in [-0.2, -0.15) is 4.98 Å². The van der Waals surface area contributed by atoms with E-state index < -0.39 is 5.82 Å². The van der Waals surface area contributed by atoms with Crippen LogP contribution in [0.2, 0.25) is 0 Å². The molecule has 2 atom stereocenters. The molecule has 6 heteroatoms. The van der Waals surface area contributed by atoms with Crippen LogP contribution in [0.4, 0.5) is 4.39 Å². The summed E-state index contributed by atoms with van der Waals surface area (Å²) < 4.78 is 23.7. The van der Waals surface area contributed by atoms with Gasteiger partial charge in [0.2, 0.25) is 11.7 Å². The van der Waals surface area contributed by atoms with Crippen molar-refractivity contribution in [1.29, 1.82) is 0 Å². The Morgan fingerprint density at radius 1 is 1.45 bits per heavy atom. The molecule has 0 spiro atoms. The van der Waals surface area contributed by atoms with Crippen LogP contribution in [0.1, 0.15) is 25.2 Å². The number of rotatable bonds is 3. The predicted molar refractivity (Wildman–Crippen MR) is 71.1 cm³/mol. The largest absolute Gasteiger partial charge is 0.494 e. The molecule has 0 amide bonds. The van der Waals surface area contributed by atoms with Crippen molar-refractivity contribution < 1.29 is 13.7 Å². The monoisotopic (exact) mass is 277 g/mol. The van der Waals surface area contributed by atoms with Crippen molar-refractivity contribution in [2.75, 3.05) is 13.7 Å². The summed E-state index contributed by atoms with van der Waals surface area (Å²) in [6, 6.07) is 4.85. The maximum Gasteiger partial charge on any atom is 0.231 e. The topological polar surface area (TPSA) is 60.2 Å². The fourth-order valence-electron chi connectivity index (χ4n) is 2.50. The maximum absolute atomic E-state index is 13.4. The first kappa shape index (κ1) is 13.1. The van der Waals surface area contributed by atoms with Crippen LogP contribution in [0, 0.1) is 5.82 Å². The van der Waals surface area contributed by atoms with Crippen molar-refractivity contribution in [3.05, 3.63) is 29.9 Å². The van der Waals surface area contributed by atoms with Gasteiger partial charge in [0.05, 0.1) is 13.0 Å². The van der Waals surface area contributed by atoms with Gasteiger partial charge < -0.3 is 14.6 Å². The number of benzene rings is 1. The van der Waals surface area contributed by atoms with E-state index in [0.717, 1.165) is 13.0 Å². The Bertz CT molecular complexity index is 614. The van der Waals surface area contributed by atoms with Gasteiger partial charge in [-0.1, -0.05) is 5.16 Å². The molecule has 1 aromatic carbocycles. The standard InChI is InChI=1S/C14H16FN3O2/c1-8-10(5-6-16-8)14-17-13(18-20-14)9-3-4-11(15)12(7-9)19-2/h3-4,7-8,10,16H,5-6H2,1-2H3. The highest BCUT2D eigenvalue weighted by molar-refractivity contribution is 5.57. The molecule has 3 rings (SSSR count). The first-order valence-corrected chi connectivity index (χ1v) is 6.60. The number of nitrogens with zero attached hydrogens (tertiary/aromatic N) is 2. The van der Waals surface area contributed by atoms with Gasteiger partial charge in [0.25, 0.3) is 0 Å². The molecule has 0 bridgehead atoms. The zero-order valence-corrected chi connectivity index (χ0v) is 11.4. The summed E-state index contributed by atoms with van der Waals surface area (Å²) in [7, 11) is 1.43. The quantitative estimate of drug-likeness (QED) is 0.933. The first-order valence-electron chi connectivity index (χ1n) is 6.60. The van der Waals surface area contributed by atoms with E-state index in [0.29, 0.717) is 23.3 Å². The summed E-state index contributed by atoms with van der Waals surface area (Å²) in [4.78, 5) is 4.42. The molecule has 1 fully saturated rings. The van der Waals surface area contributed by atoms with Gasteiger partial charge in [0, 0.05) is 11.6 Å². The molecule has 0 saturated carbocycles. The van der Waals surface area contributed by atoms with Gasteiger partial charge in [0.15, 0.2) is 11.6 Å². The minimum atomic E-state index is -0.409. The Hall–Kier alpha value is -1.95. The third-order valence-electron chi connectivity index (χ3n) is 3.69. The molecular weight excluding hydrogens is 261 g/mol. The second-order valence-electron chi connectivity index (χ2n) is 4.94. The number of ether oxygens (including phenoxy) is 1. The van der Waals surface area contributed by atoms with E-state index in [1.54, 1.807) is 12.1 Å². The van der Waals surface area contributed by atoms with Gasteiger partial charge in [-0.25, -0.2) is 4.39 Å². The molecule has 1 N–H and O–H groups in total. The molecule has 1 aromatic heterocycles. The Labute approximate surface area is 116 Å². The molecule has 106 valence electrons. The SMILES string of the molecule is COc1cc(-c2noc(C3CCNC3C)n2)ccc1F. The van der Waals surface area contributed by atoms with Crippen molar-refractivity contribution in [3.63, 3.8) is 0 Å². The summed E-state index contributed by atoms with van der Waals surface area (Å²) in [6.45, 7) is 3.05. The van der Waals surface area contributed by atoms with Crippen molar-refractivity contribution in [2.24, 2.45) is 0 Å². The zero-order valence-electron chi connectivity index (χ0n) is 11.4. The molecule has 5 nitrogen and oxygen atoms in total. The molecule has 1 aliphatic rings. The lowest BCUT2D eigenvalue weighted by molar-refractivity contribution is 0.345. The van der Waals surface area contributed by atoms with Gasteiger partial charge in [0.1, 0.15) is 0 Å². The van der Waals surface area contributed by atoms with E-state index >= 15 is 0 Å². The minimum absolute atomic E-state index is 0.171. The van der Waals surface area contributed by atoms with Crippen LogP contribution in [-0.4, -0.2) is 29.8 Å². The minimum Gasteiger partial charge on any atom is -0.494 e. The van der Waals surface area contributed by atoms with E-state index in [4.69, 9.17) is 9.26 Å². The normalized spacial score (nSPS) is 22.1. The van der Waals surface area contributed by atoms with E-state index in [1.165, 1.54) is 13.2 Å². The lowest BCUT2D eigenvalue weighted by atomic mass is 10.0. The summed E-state index contributed by atoms with van der Waals surface area (Å²) >= 11 is 0. The molecule has 0 aliphatic carbocycles. The number of hydrogen-bond acceptors (Lipinski definition) is 5. The zero-order chi connectivity index (χ0) is 14.1. The number of halogens is 1. The molecule has 1 saturated heterocycles. The fraction of sp³-hybridized carbons (Fsp3) is 0.429. The average Bonchev–Trinajstić information content (AvgIpc) is 3.08. The van der Waals surface area contributed by atoms with Gasteiger partial charge in [-0.15, -0.1) is 0 Å². The van der Waals surface area contributed by atoms with E-state index in [9.17, 15) is 4.39 Å². The van der Waals surface area contributed by atoms with Crippen LogP contribution in [0.25, 0.3) is 11.4 Å². The maximum atomic E-state index is 13.4. The number of aromatic nitrogens is 2. The third kappa shape index (κ3) is 2.27. The van der Waals surface area contributed by atoms with Crippen LogP contribution < -0.4 is 10.1 Å². The van der Waals surface area contributed by atoms with Crippen LogP contribution in [0.5, 0.6) is 5.75 Å². The fourth-order valence-corrected chi connectivity index (χ4v) is 2.50. The third-order valence-corrected chi connectivity index (χ3v) is 3.69. The highest BCUT2D eigenvalue weighted by Gasteiger charge is 2.29.